The number of hydrogen-bond acceptors (Lipinski definition) is 4. The van der Waals surface area contributed by atoms with Gasteiger partial charge in [0.2, 0.25) is 5.91 Å². The van der Waals surface area contributed by atoms with Crippen molar-refractivity contribution in [3.63, 3.8) is 0 Å². The second kappa shape index (κ2) is 15.3. The molecule has 11 heteroatoms. The van der Waals surface area contributed by atoms with Gasteiger partial charge in [0.15, 0.2) is 17.1 Å². The third kappa shape index (κ3) is 8.02. The number of fused-ring (bicyclic) bond motifs is 1. The maximum atomic E-state index is 14.5. The van der Waals surface area contributed by atoms with Crippen LogP contribution in [0.2, 0.25) is 0 Å². The molecule has 0 aliphatic carbocycles. The molecule has 0 saturated carbocycles. The lowest BCUT2D eigenvalue weighted by atomic mass is 9.97. The van der Waals surface area contributed by atoms with E-state index >= 15 is 0 Å². The number of pyridine rings is 1. The summed E-state index contributed by atoms with van der Waals surface area (Å²) in [6.45, 7) is 5.98. The highest BCUT2D eigenvalue weighted by atomic mass is 32.1. The smallest absolute Gasteiger partial charge is 0.336 e. The monoisotopic (exact) mass is 681 g/mol. The van der Waals surface area contributed by atoms with E-state index in [1.165, 1.54) is 35.6 Å². The number of aromatic nitrogens is 1. The molecule has 2 heterocycles. The molecule has 5 rings (SSSR count). The predicted molar refractivity (Wildman–Crippen MR) is 180 cm³/mol. The highest BCUT2D eigenvalue weighted by Gasteiger charge is 2.34. The van der Waals surface area contributed by atoms with Gasteiger partial charge in [0.25, 0.3) is 0 Å². The second-order valence-corrected chi connectivity index (χ2v) is 12.3. The number of thiophene rings is 1. The fraction of sp³-hybridized carbons (Fsp3) is 0.297. The number of hydrogen-bond donors (Lipinski definition) is 0. The van der Waals surface area contributed by atoms with E-state index in [9.17, 15) is 31.5 Å². The molecule has 0 saturated heterocycles. The first-order chi connectivity index (χ1) is 23.0. The summed E-state index contributed by atoms with van der Waals surface area (Å²) in [5.41, 5.74) is 0.943. The molecule has 5 nitrogen and oxygen atoms in total. The number of rotatable bonds is 13. The van der Waals surface area contributed by atoms with Crippen molar-refractivity contribution in [2.24, 2.45) is 0 Å². The Morgan fingerprint density at radius 3 is 2.33 bits per heavy atom. The Balaban J connectivity index is 1.48. The van der Waals surface area contributed by atoms with Gasteiger partial charge in [-0.05, 0) is 60.3 Å². The van der Waals surface area contributed by atoms with E-state index in [2.05, 4.69) is 4.90 Å². The summed E-state index contributed by atoms with van der Waals surface area (Å²) in [6.07, 6.45) is -4.37. The number of halogens is 5. The Morgan fingerprint density at radius 2 is 1.62 bits per heavy atom. The third-order valence-electron chi connectivity index (χ3n) is 8.60. The molecule has 48 heavy (non-hydrogen) atoms. The number of aryl methyl sites for hydroxylation is 2. The van der Waals surface area contributed by atoms with Crippen molar-refractivity contribution < 1.29 is 26.7 Å². The number of benzene rings is 3. The molecule has 0 N–H and O–H groups in total. The summed E-state index contributed by atoms with van der Waals surface area (Å²) in [7, 11) is 0. The first kappa shape index (κ1) is 35.0. The zero-order valence-electron chi connectivity index (χ0n) is 26.7. The zero-order valence-corrected chi connectivity index (χ0v) is 27.5. The van der Waals surface area contributed by atoms with Gasteiger partial charge in [-0.1, -0.05) is 68.4 Å². The van der Waals surface area contributed by atoms with Gasteiger partial charge < -0.3 is 14.4 Å². The van der Waals surface area contributed by atoms with E-state index < -0.39 is 23.4 Å². The maximum Gasteiger partial charge on any atom is 0.417 e. The van der Waals surface area contributed by atoms with Gasteiger partial charge in [0, 0.05) is 42.2 Å². The summed E-state index contributed by atoms with van der Waals surface area (Å²) in [5.74, 6) is -2.28. The topological polar surface area (TPSA) is 45.5 Å². The molecule has 252 valence electrons. The fourth-order valence-electron chi connectivity index (χ4n) is 5.89. The fourth-order valence-corrected chi connectivity index (χ4v) is 6.71. The van der Waals surface area contributed by atoms with Gasteiger partial charge in [-0.2, -0.15) is 13.2 Å². The number of carbonyl (C=O) groups is 1. The number of nitrogens with zero attached hydrogens (tertiary/aromatic N) is 3. The van der Waals surface area contributed by atoms with Crippen molar-refractivity contribution in [1.82, 2.24) is 14.4 Å². The van der Waals surface area contributed by atoms with Crippen molar-refractivity contribution >= 4 is 28.1 Å². The van der Waals surface area contributed by atoms with Gasteiger partial charge in [-0.25, -0.2) is 8.78 Å². The Hall–Kier alpha value is -4.35. The van der Waals surface area contributed by atoms with Crippen molar-refractivity contribution in [3.05, 3.63) is 128 Å². The first-order valence-corrected chi connectivity index (χ1v) is 16.7. The molecule has 0 radical (unpaired) electrons. The summed E-state index contributed by atoms with van der Waals surface area (Å²) in [4.78, 5) is 30.8. The summed E-state index contributed by atoms with van der Waals surface area (Å²) < 4.78 is 73.0. The van der Waals surface area contributed by atoms with Crippen LogP contribution < -0.4 is 5.43 Å². The Kier molecular flexibility index (Phi) is 11.1. The van der Waals surface area contributed by atoms with Crippen LogP contribution in [0.3, 0.4) is 0 Å². The number of amides is 1. The lowest BCUT2D eigenvalue weighted by Crippen LogP contribution is -2.40. The standard InChI is InChI=1S/C37H36F5N3O2S/c1-3-43(4-2)17-18-44(21-25-13-16-29(26-9-6-5-7-10-26)31(19-25)37(40,41)42)35(47)22-45-28(20-34(46)30-23-48-24-33(30)45)15-14-27-11-8-12-32(38)36(27)39/h5-13,16,19-20,23-24H,3-4,14-15,17-18,21-22H2,1-2H3. The molecule has 0 aliphatic heterocycles. The van der Waals surface area contributed by atoms with E-state index in [4.69, 9.17) is 0 Å². The maximum absolute atomic E-state index is 14.5. The third-order valence-corrected chi connectivity index (χ3v) is 9.33. The minimum absolute atomic E-state index is 0.0559. The summed E-state index contributed by atoms with van der Waals surface area (Å²) >= 11 is 1.30. The lowest BCUT2D eigenvalue weighted by molar-refractivity contribution is -0.137. The summed E-state index contributed by atoms with van der Waals surface area (Å²) in [6, 6.07) is 17.9. The minimum Gasteiger partial charge on any atom is -0.336 e. The highest BCUT2D eigenvalue weighted by molar-refractivity contribution is 7.09. The molecule has 0 aliphatic rings. The lowest BCUT2D eigenvalue weighted by Gasteiger charge is -2.28. The number of alkyl halides is 3. The van der Waals surface area contributed by atoms with Crippen LogP contribution in [0.15, 0.2) is 88.4 Å². The second-order valence-electron chi connectivity index (χ2n) is 11.6. The van der Waals surface area contributed by atoms with Crippen molar-refractivity contribution in [2.75, 3.05) is 26.2 Å². The Labute approximate surface area is 279 Å². The molecule has 0 unspecified atom stereocenters. The summed E-state index contributed by atoms with van der Waals surface area (Å²) in [5, 5.41) is 3.88. The van der Waals surface area contributed by atoms with Gasteiger partial charge in [0.05, 0.1) is 16.5 Å². The molecule has 0 spiro atoms. The average Bonchev–Trinajstić information content (AvgIpc) is 3.58. The van der Waals surface area contributed by atoms with Gasteiger partial charge in [-0.3, -0.25) is 9.59 Å². The average molecular weight is 682 g/mol. The van der Waals surface area contributed by atoms with E-state index in [0.717, 1.165) is 25.2 Å². The van der Waals surface area contributed by atoms with Gasteiger partial charge in [-0.15, -0.1) is 11.3 Å². The van der Waals surface area contributed by atoms with Gasteiger partial charge in [0.1, 0.15) is 6.54 Å². The quantitative estimate of drug-likeness (QED) is 0.118. The normalized spacial score (nSPS) is 11.8. The van der Waals surface area contributed by atoms with Crippen LogP contribution in [0.4, 0.5) is 22.0 Å². The van der Waals surface area contributed by atoms with E-state index in [1.807, 2.05) is 13.8 Å². The Bertz CT molecular complexity index is 1930. The van der Waals surface area contributed by atoms with Crippen LogP contribution in [0.25, 0.3) is 22.0 Å². The largest absolute Gasteiger partial charge is 0.417 e. The molecular weight excluding hydrogens is 645 g/mol. The molecule has 1 amide bonds. The van der Waals surface area contributed by atoms with Crippen LogP contribution in [0.5, 0.6) is 0 Å². The van der Waals surface area contributed by atoms with Crippen LogP contribution in [-0.4, -0.2) is 46.5 Å². The molecule has 3 aromatic carbocycles. The van der Waals surface area contributed by atoms with Crippen LogP contribution in [0, 0.1) is 11.6 Å². The molecule has 5 aromatic rings. The Morgan fingerprint density at radius 1 is 0.875 bits per heavy atom. The molecular formula is C37H36F5N3O2S. The number of likely N-dealkylation sites (N-methyl/N-ethyl adjacent to an activating group) is 1. The van der Waals surface area contributed by atoms with Crippen molar-refractivity contribution in [1.29, 1.82) is 0 Å². The van der Waals surface area contributed by atoms with E-state index in [1.54, 1.807) is 56.6 Å². The van der Waals surface area contributed by atoms with E-state index in [0.29, 0.717) is 34.3 Å². The molecule has 2 aromatic heterocycles. The van der Waals surface area contributed by atoms with Gasteiger partial charge >= 0.3 is 6.18 Å². The SMILES string of the molecule is CCN(CC)CCN(Cc1ccc(-c2ccccc2)c(C(F)(F)F)c1)C(=O)Cn1c(CCc2cccc(F)c2F)cc(=O)c2cscc21. The predicted octanol–water partition coefficient (Wildman–Crippen LogP) is 8.18. The minimum atomic E-state index is -4.62. The van der Waals surface area contributed by atoms with Crippen LogP contribution in [0.1, 0.15) is 36.2 Å². The molecule has 0 atom stereocenters. The van der Waals surface area contributed by atoms with Crippen molar-refractivity contribution in [2.45, 2.75) is 46.0 Å². The molecule has 0 bridgehead atoms. The zero-order chi connectivity index (χ0) is 34.4. The molecule has 0 fully saturated rings. The highest BCUT2D eigenvalue weighted by Crippen LogP contribution is 2.38. The first-order valence-electron chi connectivity index (χ1n) is 15.8. The van der Waals surface area contributed by atoms with Crippen LogP contribution in [-0.2, 0) is 36.9 Å². The van der Waals surface area contributed by atoms with Crippen molar-refractivity contribution in [3.8, 4) is 11.1 Å². The van der Waals surface area contributed by atoms with E-state index in [-0.39, 0.29) is 54.9 Å². The number of carbonyl (C=O) groups excluding carboxylic acids is 1. The van der Waals surface area contributed by atoms with Crippen LogP contribution >= 0.6 is 11.3 Å².